The van der Waals surface area contributed by atoms with Gasteiger partial charge in [-0.1, -0.05) is 6.92 Å². The van der Waals surface area contributed by atoms with Crippen molar-refractivity contribution >= 4 is 0 Å². The fourth-order valence-corrected chi connectivity index (χ4v) is 2.79. The second kappa shape index (κ2) is 7.11. The Hall–Kier alpha value is -1.04. The van der Waals surface area contributed by atoms with Crippen LogP contribution in [-0.4, -0.2) is 47.7 Å². The van der Waals surface area contributed by atoms with Crippen molar-refractivity contribution in [2.45, 2.75) is 39.7 Å². The number of rotatable bonds is 5. The van der Waals surface area contributed by atoms with Gasteiger partial charge in [0.2, 0.25) is 0 Å². The van der Waals surface area contributed by atoms with Gasteiger partial charge in [-0.05, 0) is 45.3 Å². The molecular formula is C15H26N4O. The number of nitrogens with zero attached hydrogens (tertiary/aromatic N) is 3. The van der Waals surface area contributed by atoms with Gasteiger partial charge >= 0.3 is 0 Å². The minimum absolute atomic E-state index is 0.000346. The molecule has 0 aromatic carbocycles. The number of aryl methyl sites for hydroxylation is 2. The molecule has 2 heterocycles. The lowest BCUT2D eigenvalue weighted by Crippen LogP contribution is -2.39. The highest BCUT2D eigenvalue weighted by Gasteiger charge is 2.24. The van der Waals surface area contributed by atoms with Crippen LogP contribution in [0.15, 0.2) is 0 Å². The van der Waals surface area contributed by atoms with Crippen molar-refractivity contribution in [1.82, 2.24) is 14.9 Å². The van der Waals surface area contributed by atoms with Gasteiger partial charge in [-0.15, -0.1) is 0 Å². The molecule has 1 aromatic rings. The van der Waals surface area contributed by atoms with E-state index in [9.17, 15) is 0 Å². The van der Waals surface area contributed by atoms with Crippen LogP contribution in [0, 0.1) is 13.8 Å². The third kappa shape index (κ3) is 3.53. The monoisotopic (exact) mass is 278 g/mol. The lowest BCUT2D eigenvalue weighted by atomic mass is 10.1. The van der Waals surface area contributed by atoms with Gasteiger partial charge in [0.1, 0.15) is 6.10 Å². The van der Waals surface area contributed by atoms with Gasteiger partial charge < -0.3 is 10.5 Å². The molecule has 1 atom stereocenters. The third-order valence-electron chi connectivity index (χ3n) is 3.81. The standard InChI is InChI=1S/C15H26N4O/c1-4-7-19-8-9-20-14(10-19)15-17-11(2)13(5-6-16)12(3)18-15/h14H,4-10,16H2,1-3H3. The van der Waals surface area contributed by atoms with Crippen LogP contribution in [0.3, 0.4) is 0 Å². The Morgan fingerprint density at radius 1 is 1.30 bits per heavy atom. The summed E-state index contributed by atoms with van der Waals surface area (Å²) in [5, 5.41) is 0. The number of aromatic nitrogens is 2. The summed E-state index contributed by atoms with van der Waals surface area (Å²) in [6, 6.07) is 0. The molecular weight excluding hydrogens is 252 g/mol. The van der Waals surface area contributed by atoms with Crippen molar-refractivity contribution in [1.29, 1.82) is 0 Å². The predicted molar refractivity (Wildman–Crippen MR) is 79.7 cm³/mol. The van der Waals surface area contributed by atoms with E-state index in [0.29, 0.717) is 6.54 Å². The smallest absolute Gasteiger partial charge is 0.158 e. The molecule has 20 heavy (non-hydrogen) atoms. The van der Waals surface area contributed by atoms with Crippen LogP contribution in [0.2, 0.25) is 0 Å². The molecule has 1 fully saturated rings. The van der Waals surface area contributed by atoms with E-state index in [1.165, 1.54) is 12.0 Å². The Kier molecular flexibility index (Phi) is 5.46. The maximum atomic E-state index is 5.86. The fraction of sp³-hybridized carbons (Fsp3) is 0.733. The average molecular weight is 278 g/mol. The lowest BCUT2D eigenvalue weighted by Gasteiger charge is -2.32. The Morgan fingerprint density at radius 3 is 2.60 bits per heavy atom. The lowest BCUT2D eigenvalue weighted by molar-refractivity contribution is -0.0343. The SMILES string of the molecule is CCCN1CCOC(c2nc(C)c(CCN)c(C)n2)C1. The van der Waals surface area contributed by atoms with Gasteiger partial charge in [0.05, 0.1) is 6.61 Å². The third-order valence-corrected chi connectivity index (χ3v) is 3.81. The highest BCUT2D eigenvalue weighted by atomic mass is 16.5. The maximum Gasteiger partial charge on any atom is 0.158 e. The highest BCUT2D eigenvalue weighted by Crippen LogP contribution is 2.21. The Balaban J connectivity index is 2.16. The van der Waals surface area contributed by atoms with E-state index >= 15 is 0 Å². The van der Waals surface area contributed by atoms with Crippen molar-refractivity contribution in [2.75, 3.05) is 32.8 Å². The number of morpholine rings is 1. The van der Waals surface area contributed by atoms with Crippen molar-refractivity contribution in [3.8, 4) is 0 Å². The number of hydrogen-bond donors (Lipinski definition) is 1. The van der Waals surface area contributed by atoms with Gasteiger partial charge in [0, 0.05) is 24.5 Å². The van der Waals surface area contributed by atoms with Crippen LogP contribution >= 0.6 is 0 Å². The number of hydrogen-bond acceptors (Lipinski definition) is 5. The highest BCUT2D eigenvalue weighted by molar-refractivity contribution is 5.25. The fourth-order valence-electron chi connectivity index (χ4n) is 2.79. The predicted octanol–water partition coefficient (Wildman–Crippen LogP) is 1.38. The maximum absolute atomic E-state index is 5.86. The Bertz CT molecular complexity index is 424. The van der Waals surface area contributed by atoms with Gasteiger partial charge in [0.15, 0.2) is 5.82 Å². The van der Waals surface area contributed by atoms with E-state index in [1.807, 2.05) is 13.8 Å². The molecule has 5 nitrogen and oxygen atoms in total. The molecule has 1 aliphatic heterocycles. The molecule has 0 spiro atoms. The van der Waals surface area contributed by atoms with Crippen molar-refractivity contribution in [3.05, 3.63) is 22.8 Å². The van der Waals surface area contributed by atoms with E-state index in [1.54, 1.807) is 0 Å². The second-order valence-corrected chi connectivity index (χ2v) is 5.43. The Morgan fingerprint density at radius 2 is 2.00 bits per heavy atom. The van der Waals surface area contributed by atoms with Gasteiger partial charge in [0.25, 0.3) is 0 Å². The van der Waals surface area contributed by atoms with Crippen molar-refractivity contribution in [2.24, 2.45) is 5.73 Å². The zero-order chi connectivity index (χ0) is 14.5. The van der Waals surface area contributed by atoms with Gasteiger partial charge in [-0.2, -0.15) is 0 Å². The van der Waals surface area contributed by atoms with Crippen LogP contribution in [0.25, 0.3) is 0 Å². The molecule has 0 radical (unpaired) electrons. The molecule has 0 saturated carbocycles. The largest absolute Gasteiger partial charge is 0.368 e. The van der Waals surface area contributed by atoms with E-state index in [0.717, 1.165) is 49.9 Å². The minimum Gasteiger partial charge on any atom is -0.368 e. The van der Waals surface area contributed by atoms with E-state index in [2.05, 4.69) is 21.8 Å². The molecule has 5 heteroatoms. The van der Waals surface area contributed by atoms with Crippen LogP contribution < -0.4 is 5.73 Å². The molecule has 1 unspecified atom stereocenters. The molecule has 0 bridgehead atoms. The first kappa shape index (κ1) is 15.4. The summed E-state index contributed by atoms with van der Waals surface area (Å²) in [6.07, 6.45) is 2.01. The van der Waals surface area contributed by atoms with Crippen LogP contribution in [-0.2, 0) is 11.2 Å². The number of nitrogens with two attached hydrogens (primary N) is 1. The average Bonchev–Trinajstić information content (AvgIpc) is 2.43. The summed E-state index contributed by atoms with van der Waals surface area (Å²) >= 11 is 0. The van der Waals surface area contributed by atoms with E-state index in [-0.39, 0.29) is 6.10 Å². The van der Waals surface area contributed by atoms with Crippen molar-refractivity contribution < 1.29 is 4.74 Å². The summed E-state index contributed by atoms with van der Waals surface area (Å²) in [6.45, 7) is 10.7. The first-order valence-electron chi connectivity index (χ1n) is 7.53. The second-order valence-electron chi connectivity index (χ2n) is 5.43. The molecule has 0 aliphatic carbocycles. The number of ether oxygens (including phenoxy) is 1. The molecule has 112 valence electrons. The van der Waals surface area contributed by atoms with Gasteiger partial charge in [-0.3, -0.25) is 4.90 Å². The first-order valence-corrected chi connectivity index (χ1v) is 7.53. The Labute approximate surface area is 121 Å². The zero-order valence-corrected chi connectivity index (χ0v) is 12.9. The summed E-state index contributed by atoms with van der Waals surface area (Å²) < 4.78 is 5.86. The van der Waals surface area contributed by atoms with Crippen molar-refractivity contribution in [3.63, 3.8) is 0 Å². The topological polar surface area (TPSA) is 64.3 Å². The normalized spacial score (nSPS) is 20.3. The summed E-state index contributed by atoms with van der Waals surface area (Å²) in [4.78, 5) is 11.7. The van der Waals surface area contributed by atoms with E-state index < -0.39 is 0 Å². The quantitative estimate of drug-likeness (QED) is 0.881. The summed E-state index contributed by atoms with van der Waals surface area (Å²) in [7, 11) is 0. The molecule has 1 aliphatic rings. The van der Waals surface area contributed by atoms with Gasteiger partial charge in [-0.25, -0.2) is 9.97 Å². The molecule has 1 saturated heterocycles. The first-order chi connectivity index (χ1) is 9.65. The molecule has 1 aromatic heterocycles. The zero-order valence-electron chi connectivity index (χ0n) is 12.9. The minimum atomic E-state index is -0.000346. The van der Waals surface area contributed by atoms with Crippen LogP contribution in [0.1, 0.15) is 42.2 Å². The molecule has 0 amide bonds. The van der Waals surface area contributed by atoms with E-state index in [4.69, 9.17) is 10.5 Å². The summed E-state index contributed by atoms with van der Waals surface area (Å²) in [5.41, 5.74) is 8.89. The summed E-state index contributed by atoms with van der Waals surface area (Å²) in [5.74, 6) is 0.821. The molecule has 2 rings (SSSR count). The molecule has 2 N–H and O–H groups in total. The van der Waals surface area contributed by atoms with Crippen LogP contribution in [0.4, 0.5) is 0 Å². The van der Waals surface area contributed by atoms with Crippen LogP contribution in [0.5, 0.6) is 0 Å².